The van der Waals surface area contributed by atoms with Gasteiger partial charge in [-0.25, -0.2) is 0 Å². The SMILES string of the molecule is Cc1ccc2sc(B(O)O)c(I)c2c1. The fraction of sp³-hybridized carbons (Fsp3) is 0.111. The van der Waals surface area contributed by atoms with Gasteiger partial charge in [0, 0.05) is 18.4 Å². The molecule has 2 N–H and O–H groups in total. The highest BCUT2D eigenvalue weighted by Crippen LogP contribution is 2.26. The summed E-state index contributed by atoms with van der Waals surface area (Å²) in [6.07, 6.45) is 0. The number of thiophene rings is 1. The van der Waals surface area contributed by atoms with Gasteiger partial charge in [-0.05, 0) is 41.6 Å². The van der Waals surface area contributed by atoms with Crippen LogP contribution in [0.2, 0.25) is 0 Å². The van der Waals surface area contributed by atoms with Crippen molar-refractivity contribution in [3.05, 3.63) is 27.3 Å². The molecule has 0 unspecified atom stereocenters. The molecule has 72 valence electrons. The minimum Gasteiger partial charge on any atom is -0.423 e. The number of halogens is 1. The van der Waals surface area contributed by atoms with E-state index in [1.165, 1.54) is 16.9 Å². The molecule has 0 spiro atoms. The monoisotopic (exact) mass is 318 g/mol. The Labute approximate surface area is 99.9 Å². The first-order valence-electron chi connectivity index (χ1n) is 4.14. The summed E-state index contributed by atoms with van der Waals surface area (Å²) >= 11 is 3.59. The molecule has 2 nitrogen and oxygen atoms in total. The number of fused-ring (bicyclic) bond motifs is 1. The molecule has 0 saturated heterocycles. The Morgan fingerprint density at radius 2 is 2.07 bits per heavy atom. The molecule has 0 atom stereocenters. The topological polar surface area (TPSA) is 40.5 Å². The van der Waals surface area contributed by atoms with Crippen LogP contribution in [0.1, 0.15) is 5.56 Å². The lowest BCUT2D eigenvalue weighted by atomic mass is 9.89. The molecule has 2 aromatic rings. The number of rotatable bonds is 1. The van der Waals surface area contributed by atoms with E-state index in [9.17, 15) is 0 Å². The van der Waals surface area contributed by atoms with Crippen LogP contribution in [0.15, 0.2) is 18.2 Å². The molecule has 0 radical (unpaired) electrons. The lowest BCUT2D eigenvalue weighted by molar-refractivity contribution is 0.426. The zero-order chi connectivity index (χ0) is 10.3. The third kappa shape index (κ3) is 1.69. The van der Waals surface area contributed by atoms with Gasteiger partial charge in [0.2, 0.25) is 0 Å². The zero-order valence-corrected chi connectivity index (χ0v) is 10.5. The standard InChI is InChI=1S/C9H8BIO2S/c1-5-2-3-7-6(4-5)8(11)9(14-7)10(12)13/h2-4,12-13H,1H3. The summed E-state index contributed by atoms with van der Waals surface area (Å²) in [4.78, 5) is 0. The molecule has 5 heteroatoms. The van der Waals surface area contributed by atoms with E-state index in [1.807, 2.05) is 19.1 Å². The number of hydrogen-bond acceptors (Lipinski definition) is 3. The summed E-state index contributed by atoms with van der Waals surface area (Å²) < 4.78 is 2.68. The van der Waals surface area contributed by atoms with E-state index >= 15 is 0 Å². The normalized spacial score (nSPS) is 10.9. The van der Waals surface area contributed by atoms with Gasteiger partial charge in [-0.2, -0.15) is 0 Å². The van der Waals surface area contributed by atoms with Gasteiger partial charge in [-0.15, -0.1) is 11.3 Å². The van der Waals surface area contributed by atoms with Crippen LogP contribution in [0, 0.1) is 10.5 Å². The molecule has 1 heterocycles. The molecule has 2 rings (SSSR count). The van der Waals surface area contributed by atoms with Crippen LogP contribution in [0.3, 0.4) is 0 Å². The van der Waals surface area contributed by atoms with Crippen LogP contribution in [0.4, 0.5) is 0 Å². The van der Waals surface area contributed by atoms with Gasteiger partial charge in [-0.1, -0.05) is 11.6 Å². The predicted molar refractivity (Wildman–Crippen MR) is 69.1 cm³/mol. The Morgan fingerprint density at radius 3 is 2.71 bits per heavy atom. The van der Waals surface area contributed by atoms with Crippen molar-refractivity contribution < 1.29 is 10.0 Å². The Bertz CT molecular complexity index is 481. The van der Waals surface area contributed by atoms with Crippen LogP contribution in [0.25, 0.3) is 10.1 Å². The number of aryl methyl sites for hydroxylation is 1. The van der Waals surface area contributed by atoms with Crippen LogP contribution in [-0.2, 0) is 0 Å². The van der Waals surface area contributed by atoms with E-state index in [1.54, 1.807) is 0 Å². The highest BCUT2D eigenvalue weighted by atomic mass is 127. The minimum atomic E-state index is -1.36. The van der Waals surface area contributed by atoms with E-state index in [-0.39, 0.29) is 0 Å². The highest BCUT2D eigenvalue weighted by Gasteiger charge is 2.19. The molecular weight excluding hydrogens is 310 g/mol. The smallest absolute Gasteiger partial charge is 0.423 e. The lowest BCUT2D eigenvalue weighted by Gasteiger charge is -1.94. The maximum atomic E-state index is 9.14. The van der Waals surface area contributed by atoms with Gasteiger partial charge in [0.1, 0.15) is 0 Å². The van der Waals surface area contributed by atoms with Gasteiger partial charge >= 0.3 is 7.12 Å². The average Bonchev–Trinajstić information content (AvgIpc) is 2.44. The first-order chi connectivity index (χ1) is 6.59. The van der Waals surface area contributed by atoms with Crippen molar-refractivity contribution in [2.24, 2.45) is 0 Å². The molecular formula is C9H8BIO2S. The van der Waals surface area contributed by atoms with Crippen LogP contribution >= 0.6 is 33.9 Å². The van der Waals surface area contributed by atoms with Crippen molar-refractivity contribution >= 4 is 55.9 Å². The van der Waals surface area contributed by atoms with Crippen LogP contribution in [0.5, 0.6) is 0 Å². The fourth-order valence-corrected chi connectivity index (χ4v) is 3.55. The number of benzene rings is 1. The van der Waals surface area contributed by atoms with E-state index < -0.39 is 7.12 Å². The van der Waals surface area contributed by atoms with Gasteiger partial charge in [0.25, 0.3) is 0 Å². The van der Waals surface area contributed by atoms with Crippen LogP contribution in [-0.4, -0.2) is 17.2 Å². The second-order valence-electron chi connectivity index (χ2n) is 3.15. The second kappa shape index (κ2) is 3.81. The quantitative estimate of drug-likeness (QED) is 0.618. The number of hydrogen-bond donors (Lipinski definition) is 2. The summed E-state index contributed by atoms with van der Waals surface area (Å²) in [6.45, 7) is 2.03. The fourth-order valence-electron chi connectivity index (χ4n) is 1.37. The summed E-state index contributed by atoms with van der Waals surface area (Å²) in [5.74, 6) is 0. The second-order valence-corrected chi connectivity index (χ2v) is 5.32. The predicted octanol–water partition coefficient (Wildman–Crippen LogP) is 1.49. The summed E-state index contributed by atoms with van der Waals surface area (Å²) in [5.41, 5.74) is 1.19. The molecule has 0 aliphatic carbocycles. The summed E-state index contributed by atoms with van der Waals surface area (Å²) in [7, 11) is -1.36. The molecule has 0 amide bonds. The third-order valence-electron chi connectivity index (χ3n) is 2.04. The van der Waals surface area contributed by atoms with E-state index in [4.69, 9.17) is 10.0 Å². The molecule has 14 heavy (non-hydrogen) atoms. The van der Waals surface area contributed by atoms with Gasteiger partial charge in [-0.3, -0.25) is 0 Å². The first-order valence-corrected chi connectivity index (χ1v) is 6.04. The van der Waals surface area contributed by atoms with E-state index in [0.29, 0.717) is 4.78 Å². The lowest BCUT2D eigenvalue weighted by Crippen LogP contribution is -2.28. The molecule has 0 fully saturated rings. The maximum absolute atomic E-state index is 9.14. The van der Waals surface area contributed by atoms with E-state index in [0.717, 1.165) is 13.7 Å². The van der Waals surface area contributed by atoms with Crippen molar-refractivity contribution in [1.29, 1.82) is 0 Å². The maximum Gasteiger partial charge on any atom is 0.500 e. The molecule has 0 saturated carbocycles. The Kier molecular flexibility index (Phi) is 2.83. The molecule has 0 aliphatic heterocycles. The molecule has 0 bridgehead atoms. The van der Waals surface area contributed by atoms with Crippen molar-refractivity contribution in [1.82, 2.24) is 0 Å². The van der Waals surface area contributed by atoms with Gasteiger partial charge < -0.3 is 10.0 Å². The van der Waals surface area contributed by atoms with Crippen molar-refractivity contribution in [2.45, 2.75) is 6.92 Å². The minimum absolute atomic E-state index is 0.631. The first kappa shape index (κ1) is 10.4. The van der Waals surface area contributed by atoms with Crippen molar-refractivity contribution in [3.63, 3.8) is 0 Å². The van der Waals surface area contributed by atoms with Crippen molar-refractivity contribution in [3.8, 4) is 0 Å². The Balaban J connectivity index is 2.74. The van der Waals surface area contributed by atoms with Gasteiger partial charge in [0.05, 0.1) is 0 Å². The third-order valence-corrected chi connectivity index (χ3v) is 4.78. The largest absolute Gasteiger partial charge is 0.500 e. The van der Waals surface area contributed by atoms with Crippen molar-refractivity contribution in [2.75, 3.05) is 0 Å². The highest BCUT2D eigenvalue weighted by molar-refractivity contribution is 14.1. The summed E-state index contributed by atoms with van der Waals surface area (Å²) in [5, 5.41) is 19.4. The molecule has 0 aliphatic rings. The van der Waals surface area contributed by atoms with Crippen LogP contribution < -0.4 is 4.78 Å². The van der Waals surface area contributed by atoms with Gasteiger partial charge in [0.15, 0.2) is 0 Å². The molecule has 1 aromatic heterocycles. The zero-order valence-electron chi connectivity index (χ0n) is 7.49. The summed E-state index contributed by atoms with van der Waals surface area (Å²) in [6, 6.07) is 6.12. The van der Waals surface area contributed by atoms with E-state index in [2.05, 4.69) is 28.7 Å². The Morgan fingerprint density at radius 1 is 1.36 bits per heavy atom. The Hall–Kier alpha value is -0.105. The average molecular weight is 318 g/mol. The molecule has 1 aromatic carbocycles.